The van der Waals surface area contributed by atoms with Crippen LogP contribution in [0.3, 0.4) is 0 Å². The highest BCUT2D eigenvalue weighted by Crippen LogP contribution is 2.35. The molecule has 1 aliphatic heterocycles. The van der Waals surface area contributed by atoms with Crippen molar-refractivity contribution in [3.05, 3.63) is 48.5 Å². The molecule has 2 N–H and O–H groups in total. The first-order valence-electron chi connectivity index (χ1n) is 12.8. The average molecular weight is 498 g/mol. The summed E-state index contributed by atoms with van der Waals surface area (Å²) in [5.74, 6) is -0.672. The monoisotopic (exact) mass is 497 g/mol. The number of alkyl halides is 2. The standard InChI is InChI=1S/C27H33F2N5O2/c28-27(29)11-9-20(10-12-27)30-25-23-7-1-2-8-24(23)32-26(33-25)31-21-5-3-6-22(19-21)36-16-4-13-34-14-17-35-18-15-34/h1-3,5-8,19-20H,4,9-18H2,(H2,30,31,32,33). The Labute approximate surface area is 210 Å². The normalized spacial score (nSPS) is 18.7. The van der Waals surface area contributed by atoms with Gasteiger partial charge in [0.1, 0.15) is 11.6 Å². The smallest absolute Gasteiger partial charge is 0.248 e. The van der Waals surface area contributed by atoms with E-state index in [-0.39, 0.29) is 18.9 Å². The lowest BCUT2D eigenvalue weighted by molar-refractivity contribution is -0.0361. The van der Waals surface area contributed by atoms with Crippen molar-refractivity contribution >= 4 is 28.4 Å². The zero-order valence-electron chi connectivity index (χ0n) is 20.4. The van der Waals surface area contributed by atoms with E-state index in [9.17, 15) is 8.78 Å². The molecule has 7 nitrogen and oxygen atoms in total. The second-order valence-corrected chi connectivity index (χ2v) is 9.50. The number of ether oxygens (including phenoxy) is 2. The van der Waals surface area contributed by atoms with Crippen molar-refractivity contribution in [1.82, 2.24) is 14.9 Å². The van der Waals surface area contributed by atoms with Gasteiger partial charge < -0.3 is 20.1 Å². The summed E-state index contributed by atoms with van der Waals surface area (Å²) >= 11 is 0. The molecule has 1 aromatic heterocycles. The fraction of sp³-hybridized carbons (Fsp3) is 0.481. The van der Waals surface area contributed by atoms with Gasteiger partial charge in [-0.05, 0) is 43.5 Å². The average Bonchev–Trinajstić information content (AvgIpc) is 2.89. The highest BCUT2D eigenvalue weighted by molar-refractivity contribution is 5.90. The van der Waals surface area contributed by atoms with E-state index in [4.69, 9.17) is 14.5 Å². The molecule has 2 aromatic carbocycles. The summed E-state index contributed by atoms with van der Waals surface area (Å²) in [7, 11) is 0. The molecule has 0 radical (unpaired) electrons. The van der Waals surface area contributed by atoms with Crippen molar-refractivity contribution in [3.63, 3.8) is 0 Å². The molecule has 2 fully saturated rings. The van der Waals surface area contributed by atoms with Crippen LogP contribution in [0.4, 0.5) is 26.2 Å². The van der Waals surface area contributed by atoms with Crippen molar-refractivity contribution in [2.45, 2.75) is 44.1 Å². The van der Waals surface area contributed by atoms with Crippen LogP contribution in [0.1, 0.15) is 32.1 Å². The number of morpholine rings is 1. The number of para-hydroxylation sites is 1. The molecular formula is C27H33F2N5O2. The second kappa shape index (κ2) is 11.3. The van der Waals surface area contributed by atoms with Crippen LogP contribution in [-0.4, -0.2) is 66.3 Å². The van der Waals surface area contributed by atoms with E-state index in [1.165, 1.54) is 0 Å². The van der Waals surface area contributed by atoms with E-state index < -0.39 is 5.92 Å². The SMILES string of the molecule is FC1(F)CCC(Nc2nc(Nc3cccc(OCCCN4CCOCC4)c3)nc3ccccc23)CC1. The van der Waals surface area contributed by atoms with E-state index >= 15 is 0 Å². The van der Waals surface area contributed by atoms with Gasteiger partial charge in [0.2, 0.25) is 11.9 Å². The number of halogens is 2. The van der Waals surface area contributed by atoms with Gasteiger partial charge in [-0.3, -0.25) is 4.90 Å². The number of aromatic nitrogens is 2. The predicted molar refractivity (Wildman–Crippen MR) is 137 cm³/mol. The van der Waals surface area contributed by atoms with Crippen molar-refractivity contribution in [2.24, 2.45) is 0 Å². The van der Waals surface area contributed by atoms with E-state index in [1.54, 1.807) is 0 Å². The molecule has 2 aliphatic rings. The Hall–Kier alpha value is -3.04. The molecule has 0 atom stereocenters. The maximum atomic E-state index is 13.6. The summed E-state index contributed by atoms with van der Waals surface area (Å²) in [4.78, 5) is 11.8. The van der Waals surface area contributed by atoms with Crippen LogP contribution in [0, 0.1) is 0 Å². The lowest BCUT2D eigenvalue weighted by Crippen LogP contribution is -2.37. The van der Waals surface area contributed by atoms with E-state index in [2.05, 4.69) is 20.5 Å². The van der Waals surface area contributed by atoms with Gasteiger partial charge in [0, 0.05) is 55.7 Å². The number of anilines is 3. The Morgan fingerprint density at radius 2 is 1.83 bits per heavy atom. The van der Waals surface area contributed by atoms with E-state index in [1.807, 2.05) is 48.5 Å². The molecule has 3 aromatic rings. The molecule has 0 spiro atoms. The number of hydrogen-bond donors (Lipinski definition) is 2. The van der Waals surface area contributed by atoms with Crippen LogP contribution in [0.2, 0.25) is 0 Å². The van der Waals surface area contributed by atoms with Crippen LogP contribution >= 0.6 is 0 Å². The second-order valence-electron chi connectivity index (χ2n) is 9.50. The summed E-state index contributed by atoms with van der Waals surface area (Å²) in [6.45, 7) is 5.21. The molecule has 1 saturated heterocycles. The Kier molecular flexibility index (Phi) is 7.77. The Morgan fingerprint density at radius 3 is 2.67 bits per heavy atom. The first kappa shape index (κ1) is 24.6. The van der Waals surface area contributed by atoms with Gasteiger partial charge >= 0.3 is 0 Å². The summed E-state index contributed by atoms with van der Waals surface area (Å²) in [6, 6.07) is 15.4. The highest BCUT2D eigenvalue weighted by Gasteiger charge is 2.35. The zero-order chi connectivity index (χ0) is 24.8. The van der Waals surface area contributed by atoms with Gasteiger partial charge in [0.15, 0.2) is 0 Å². The molecule has 1 aliphatic carbocycles. The number of nitrogens with one attached hydrogen (secondary N) is 2. The molecule has 5 rings (SSSR count). The first-order valence-corrected chi connectivity index (χ1v) is 12.8. The fourth-order valence-corrected chi connectivity index (χ4v) is 4.72. The molecule has 192 valence electrons. The maximum absolute atomic E-state index is 13.6. The highest BCUT2D eigenvalue weighted by atomic mass is 19.3. The van der Waals surface area contributed by atoms with Gasteiger partial charge in [-0.1, -0.05) is 18.2 Å². The summed E-state index contributed by atoms with van der Waals surface area (Å²) in [5.41, 5.74) is 1.60. The zero-order valence-corrected chi connectivity index (χ0v) is 20.4. The molecule has 36 heavy (non-hydrogen) atoms. The molecule has 2 heterocycles. The predicted octanol–water partition coefficient (Wildman–Crippen LogP) is 5.46. The molecule has 0 amide bonds. The van der Waals surface area contributed by atoms with Gasteiger partial charge in [-0.2, -0.15) is 4.98 Å². The Balaban J connectivity index is 1.23. The number of rotatable bonds is 9. The van der Waals surface area contributed by atoms with Crippen LogP contribution < -0.4 is 15.4 Å². The van der Waals surface area contributed by atoms with Crippen LogP contribution in [0.25, 0.3) is 10.9 Å². The quantitative estimate of drug-likeness (QED) is 0.380. The Bertz CT molecular complexity index is 1150. The third kappa shape index (κ3) is 6.59. The lowest BCUT2D eigenvalue weighted by atomic mass is 9.92. The summed E-state index contributed by atoms with van der Waals surface area (Å²) in [6.07, 6.45) is 1.58. The topological polar surface area (TPSA) is 71.5 Å². The third-order valence-corrected chi connectivity index (χ3v) is 6.74. The number of nitrogens with zero attached hydrogens (tertiary/aromatic N) is 3. The maximum Gasteiger partial charge on any atom is 0.248 e. The van der Waals surface area contributed by atoms with Gasteiger partial charge in [0.05, 0.1) is 25.3 Å². The van der Waals surface area contributed by atoms with Gasteiger partial charge in [-0.15, -0.1) is 0 Å². The van der Waals surface area contributed by atoms with Gasteiger partial charge in [-0.25, -0.2) is 13.8 Å². The van der Waals surface area contributed by atoms with Crippen LogP contribution in [-0.2, 0) is 4.74 Å². The van der Waals surface area contributed by atoms with Gasteiger partial charge in [0.25, 0.3) is 0 Å². The Morgan fingerprint density at radius 1 is 1.03 bits per heavy atom. The minimum atomic E-state index is -2.56. The number of fused-ring (bicyclic) bond motifs is 1. The molecule has 0 bridgehead atoms. The minimum absolute atomic E-state index is 0.0371. The number of hydrogen-bond acceptors (Lipinski definition) is 7. The molecule has 1 saturated carbocycles. The molecular weight excluding hydrogens is 464 g/mol. The van der Waals surface area contributed by atoms with E-state index in [0.29, 0.717) is 31.2 Å². The van der Waals surface area contributed by atoms with Crippen molar-refractivity contribution < 1.29 is 18.3 Å². The molecule has 9 heteroatoms. The van der Waals surface area contributed by atoms with Crippen LogP contribution in [0.15, 0.2) is 48.5 Å². The largest absolute Gasteiger partial charge is 0.493 e. The molecule has 0 unspecified atom stereocenters. The van der Waals surface area contributed by atoms with E-state index in [0.717, 1.165) is 61.6 Å². The van der Waals surface area contributed by atoms with Crippen molar-refractivity contribution in [1.29, 1.82) is 0 Å². The first-order chi connectivity index (χ1) is 17.5. The van der Waals surface area contributed by atoms with Crippen LogP contribution in [0.5, 0.6) is 5.75 Å². The number of benzene rings is 2. The van der Waals surface area contributed by atoms with Crippen molar-refractivity contribution in [3.8, 4) is 5.75 Å². The fourth-order valence-electron chi connectivity index (χ4n) is 4.72. The third-order valence-electron chi connectivity index (χ3n) is 6.74. The van der Waals surface area contributed by atoms with Crippen molar-refractivity contribution in [2.75, 3.05) is 50.1 Å². The minimum Gasteiger partial charge on any atom is -0.493 e. The lowest BCUT2D eigenvalue weighted by Gasteiger charge is -2.29. The summed E-state index contributed by atoms with van der Waals surface area (Å²) in [5, 5.41) is 7.56. The summed E-state index contributed by atoms with van der Waals surface area (Å²) < 4.78 is 38.6.